The molecule has 0 spiro atoms. The number of hydrogen-bond acceptors (Lipinski definition) is 2. The van der Waals surface area contributed by atoms with Gasteiger partial charge in [-0.2, -0.15) is 0 Å². The van der Waals surface area contributed by atoms with Crippen LogP contribution in [0, 0.1) is 11.2 Å². The summed E-state index contributed by atoms with van der Waals surface area (Å²) >= 11 is 5.78. The van der Waals surface area contributed by atoms with Gasteiger partial charge in [0.2, 0.25) is 0 Å². The van der Waals surface area contributed by atoms with E-state index in [4.69, 9.17) is 16.3 Å². The highest BCUT2D eigenvalue weighted by molar-refractivity contribution is 6.30. The topological polar surface area (TPSA) is 21.3 Å². The van der Waals surface area contributed by atoms with Gasteiger partial charge in [-0.1, -0.05) is 17.7 Å². The molecule has 1 aromatic carbocycles. The summed E-state index contributed by atoms with van der Waals surface area (Å²) in [5, 5.41) is 3.68. The Bertz CT molecular complexity index is 399. The molecule has 1 heterocycles. The normalized spacial score (nSPS) is 18.8. The fraction of sp³-hybridized carbons (Fsp3) is 0.571. The van der Waals surface area contributed by atoms with E-state index in [2.05, 4.69) is 5.32 Å². The van der Waals surface area contributed by atoms with Gasteiger partial charge in [0.05, 0.1) is 0 Å². The maximum atomic E-state index is 13.9. The minimum Gasteiger partial charge on any atom is -0.381 e. The monoisotopic (exact) mass is 271 g/mol. The van der Waals surface area contributed by atoms with Crippen LogP contribution >= 0.6 is 11.6 Å². The van der Waals surface area contributed by atoms with E-state index in [-0.39, 0.29) is 11.2 Å². The summed E-state index contributed by atoms with van der Waals surface area (Å²) in [6.45, 7) is 2.41. The average molecular weight is 272 g/mol. The third kappa shape index (κ3) is 3.22. The van der Waals surface area contributed by atoms with Crippen molar-refractivity contribution in [3.05, 3.63) is 34.6 Å². The van der Waals surface area contributed by atoms with Gasteiger partial charge < -0.3 is 10.1 Å². The summed E-state index contributed by atoms with van der Waals surface area (Å²) in [5.41, 5.74) is 0.846. The molecule has 0 aromatic heterocycles. The predicted molar refractivity (Wildman–Crippen MR) is 71.5 cm³/mol. The smallest absolute Gasteiger partial charge is 0.127 e. The van der Waals surface area contributed by atoms with Crippen LogP contribution in [0.2, 0.25) is 5.02 Å². The summed E-state index contributed by atoms with van der Waals surface area (Å²) in [7, 11) is 1.94. The molecule has 0 saturated carbocycles. The second-order valence-corrected chi connectivity index (χ2v) is 5.49. The van der Waals surface area contributed by atoms with Crippen LogP contribution in [0.1, 0.15) is 18.4 Å². The molecule has 0 unspecified atom stereocenters. The number of nitrogens with one attached hydrogen (secondary N) is 1. The van der Waals surface area contributed by atoms with Crippen molar-refractivity contribution in [2.75, 3.05) is 26.8 Å². The highest BCUT2D eigenvalue weighted by atomic mass is 35.5. The molecule has 0 bridgehead atoms. The van der Waals surface area contributed by atoms with Crippen molar-refractivity contribution in [3.63, 3.8) is 0 Å². The quantitative estimate of drug-likeness (QED) is 0.909. The Morgan fingerprint density at radius 3 is 2.72 bits per heavy atom. The molecule has 0 aliphatic carbocycles. The molecule has 0 radical (unpaired) electrons. The molecule has 1 aliphatic rings. The number of benzene rings is 1. The molecule has 1 aliphatic heterocycles. The fourth-order valence-corrected chi connectivity index (χ4v) is 2.82. The van der Waals surface area contributed by atoms with E-state index < -0.39 is 0 Å². The highest BCUT2D eigenvalue weighted by Gasteiger charge is 2.32. The Kier molecular flexibility index (Phi) is 4.60. The number of hydrogen-bond donors (Lipinski definition) is 1. The number of rotatable bonds is 4. The molecule has 18 heavy (non-hydrogen) atoms. The van der Waals surface area contributed by atoms with Gasteiger partial charge in [-0.05, 0) is 49.4 Å². The molecule has 4 heteroatoms. The van der Waals surface area contributed by atoms with Gasteiger partial charge in [0.15, 0.2) is 0 Å². The highest BCUT2D eigenvalue weighted by Crippen LogP contribution is 2.34. The van der Waals surface area contributed by atoms with Crippen molar-refractivity contribution in [1.29, 1.82) is 0 Å². The lowest BCUT2D eigenvalue weighted by atomic mass is 9.75. The van der Waals surface area contributed by atoms with Crippen molar-refractivity contribution < 1.29 is 9.13 Å². The van der Waals surface area contributed by atoms with Crippen molar-refractivity contribution in [3.8, 4) is 0 Å². The van der Waals surface area contributed by atoms with Gasteiger partial charge in [-0.3, -0.25) is 0 Å². The van der Waals surface area contributed by atoms with Gasteiger partial charge in [-0.15, -0.1) is 0 Å². The fourth-order valence-electron chi connectivity index (χ4n) is 2.66. The Morgan fingerprint density at radius 1 is 1.39 bits per heavy atom. The Hall–Kier alpha value is -0.640. The summed E-state index contributed by atoms with van der Waals surface area (Å²) in [4.78, 5) is 0. The van der Waals surface area contributed by atoms with Crippen molar-refractivity contribution in [2.45, 2.75) is 19.3 Å². The van der Waals surface area contributed by atoms with Gasteiger partial charge in [0, 0.05) is 24.8 Å². The van der Waals surface area contributed by atoms with E-state index in [1.807, 2.05) is 7.05 Å². The van der Waals surface area contributed by atoms with E-state index in [9.17, 15) is 4.39 Å². The number of ether oxygens (including phenoxy) is 1. The molecule has 2 rings (SSSR count). The molecule has 1 fully saturated rings. The second kappa shape index (κ2) is 6.00. The first-order valence-corrected chi connectivity index (χ1v) is 6.69. The van der Waals surface area contributed by atoms with Crippen LogP contribution in [0.3, 0.4) is 0 Å². The summed E-state index contributed by atoms with van der Waals surface area (Å²) in [5.74, 6) is -0.204. The van der Waals surface area contributed by atoms with Crippen LogP contribution in [0.15, 0.2) is 18.2 Å². The maximum absolute atomic E-state index is 13.9. The largest absolute Gasteiger partial charge is 0.381 e. The third-order valence-corrected chi connectivity index (χ3v) is 3.92. The van der Waals surface area contributed by atoms with Gasteiger partial charge in [-0.25, -0.2) is 4.39 Å². The molecule has 1 N–H and O–H groups in total. The SMILES string of the molecule is CNCC1(Cc2ccc(Cl)cc2F)CCOCC1. The van der Waals surface area contributed by atoms with Crippen LogP contribution in [0.25, 0.3) is 0 Å². The van der Waals surface area contributed by atoms with E-state index in [1.54, 1.807) is 12.1 Å². The average Bonchev–Trinajstić information content (AvgIpc) is 2.34. The zero-order valence-electron chi connectivity index (χ0n) is 10.6. The minimum absolute atomic E-state index is 0.0989. The zero-order valence-corrected chi connectivity index (χ0v) is 11.4. The van der Waals surface area contributed by atoms with E-state index in [0.717, 1.165) is 44.6 Å². The molecule has 0 atom stereocenters. The van der Waals surface area contributed by atoms with Gasteiger partial charge in [0.25, 0.3) is 0 Å². The van der Waals surface area contributed by atoms with Gasteiger partial charge >= 0.3 is 0 Å². The first-order valence-electron chi connectivity index (χ1n) is 6.31. The summed E-state index contributed by atoms with van der Waals surface area (Å²) in [6.07, 6.45) is 2.67. The zero-order chi connectivity index (χ0) is 13.0. The lowest BCUT2D eigenvalue weighted by molar-refractivity contribution is 0.0154. The molecular weight excluding hydrogens is 253 g/mol. The standard InChI is InChI=1S/C14H19ClFNO/c1-17-10-14(4-6-18-7-5-14)9-11-2-3-12(15)8-13(11)16/h2-3,8,17H,4-7,9-10H2,1H3. The Balaban J connectivity index is 2.17. The van der Waals surface area contributed by atoms with Gasteiger partial charge in [0.1, 0.15) is 5.82 Å². The molecular formula is C14H19ClFNO. The minimum atomic E-state index is -0.204. The molecule has 1 saturated heterocycles. The lowest BCUT2D eigenvalue weighted by Gasteiger charge is -2.37. The van der Waals surface area contributed by atoms with E-state index in [0.29, 0.717) is 5.02 Å². The summed E-state index contributed by atoms with van der Waals surface area (Å²) in [6, 6.07) is 4.94. The number of halogens is 2. The lowest BCUT2D eigenvalue weighted by Crippen LogP contribution is -2.40. The van der Waals surface area contributed by atoms with E-state index >= 15 is 0 Å². The van der Waals surface area contributed by atoms with Crippen LogP contribution < -0.4 is 5.32 Å². The third-order valence-electron chi connectivity index (χ3n) is 3.69. The molecule has 2 nitrogen and oxygen atoms in total. The van der Waals surface area contributed by atoms with E-state index in [1.165, 1.54) is 6.07 Å². The maximum Gasteiger partial charge on any atom is 0.127 e. The van der Waals surface area contributed by atoms with Crippen molar-refractivity contribution >= 4 is 11.6 Å². The Morgan fingerprint density at radius 2 is 2.11 bits per heavy atom. The second-order valence-electron chi connectivity index (χ2n) is 5.06. The molecule has 0 amide bonds. The summed E-state index contributed by atoms with van der Waals surface area (Å²) < 4.78 is 19.3. The van der Waals surface area contributed by atoms with Crippen LogP contribution in [-0.4, -0.2) is 26.8 Å². The predicted octanol–water partition coefficient (Wildman–Crippen LogP) is 3.04. The first kappa shape index (κ1) is 13.8. The molecule has 100 valence electrons. The van der Waals surface area contributed by atoms with Crippen molar-refractivity contribution in [2.24, 2.45) is 5.41 Å². The van der Waals surface area contributed by atoms with Crippen LogP contribution in [0.5, 0.6) is 0 Å². The van der Waals surface area contributed by atoms with Crippen molar-refractivity contribution in [1.82, 2.24) is 5.32 Å². The first-order chi connectivity index (χ1) is 8.65. The van der Waals surface area contributed by atoms with Crippen LogP contribution in [0.4, 0.5) is 4.39 Å². The Labute approximate surface area is 112 Å². The van der Waals surface area contributed by atoms with Crippen LogP contribution in [-0.2, 0) is 11.2 Å². The molecule has 1 aromatic rings.